The lowest BCUT2D eigenvalue weighted by molar-refractivity contribution is -0.191. The average molecular weight is 329 g/mol. The van der Waals surface area contributed by atoms with Gasteiger partial charge in [-0.3, -0.25) is 4.79 Å². The number of carbonyl (C=O) groups is 1. The number of halogens is 3. The number of carbonyl (C=O) groups excluding carboxylic acids is 1. The first-order chi connectivity index (χ1) is 9.59. The zero-order chi connectivity index (χ0) is 15.8. The number of nitrogens with two attached hydrogens (primary N) is 1. The van der Waals surface area contributed by atoms with E-state index < -0.39 is 22.3 Å². The van der Waals surface area contributed by atoms with Crippen molar-refractivity contribution in [2.45, 2.75) is 37.9 Å². The van der Waals surface area contributed by atoms with E-state index in [9.17, 15) is 26.4 Å². The van der Waals surface area contributed by atoms with Crippen LogP contribution in [0.2, 0.25) is 0 Å². The number of hydrogen-bond donors (Lipinski definition) is 1. The summed E-state index contributed by atoms with van der Waals surface area (Å²) in [5.41, 5.74) is 0. The highest BCUT2D eigenvalue weighted by Crippen LogP contribution is 2.29. The highest BCUT2D eigenvalue weighted by molar-refractivity contribution is 7.86. The van der Waals surface area contributed by atoms with Crippen LogP contribution in [-0.4, -0.2) is 55.4 Å². The molecule has 1 heterocycles. The van der Waals surface area contributed by atoms with Gasteiger partial charge in [-0.05, 0) is 25.2 Å². The molecule has 2 N–H and O–H groups in total. The average Bonchev–Trinajstić information content (AvgIpc) is 2.19. The highest BCUT2D eigenvalue weighted by Gasteiger charge is 2.46. The summed E-state index contributed by atoms with van der Waals surface area (Å²) in [6.07, 6.45) is -1.95. The number of alkyl halides is 3. The van der Waals surface area contributed by atoms with Crippen molar-refractivity contribution in [1.29, 1.82) is 0 Å². The Morgan fingerprint density at radius 1 is 1.29 bits per heavy atom. The Labute approximate surface area is 121 Å². The van der Waals surface area contributed by atoms with Crippen molar-refractivity contribution in [3.63, 3.8) is 0 Å². The topological polar surface area (TPSA) is 83.7 Å². The van der Waals surface area contributed by atoms with Crippen molar-refractivity contribution in [1.82, 2.24) is 9.21 Å². The third-order valence-electron chi connectivity index (χ3n) is 4.05. The summed E-state index contributed by atoms with van der Waals surface area (Å²) in [6, 6.07) is -0.0898. The van der Waals surface area contributed by atoms with Gasteiger partial charge in [0.15, 0.2) is 0 Å². The Hall–Kier alpha value is -0.870. The molecule has 2 fully saturated rings. The molecule has 0 radical (unpaired) electrons. The maximum absolute atomic E-state index is 12.2. The SMILES string of the molecule is NS(=O)(=O)N(CCC1CN(C(=O)C(F)(F)F)C1)C1CCC1. The zero-order valence-electron chi connectivity index (χ0n) is 11.3. The molecule has 0 aromatic heterocycles. The summed E-state index contributed by atoms with van der Waals surface area (Å²) in [4.78, 5) is 11.7. The fourth-order valence-electron chi connectivity index (χ4n) is 2.60. The van der Waals surface area contributed by atoms with Gasteiger partial charge < -0.3 is 4.90 Å². The van der Waals surface area contributed by atoms with Crippen molar-refractivity contribution in [3.05, 3.63) is 0 Å². The molecule has 0 spiro atoms. The lowest BCUT2D eigenvalue weighted by Gasteiger charge is -2.41. The van der Waals surface area contributed by atoms with Crippen LogP contribution in [0.25, 0.3) is 0 Å². The van der Waals surface area contributed by atoms with E-state index >= 15 is 0 Å². The molecule has 0 aromatic carbocycles. The van der Waals surface area contributed by atoms with Gasteiger partial charge in [-0.15, -0.1) is 0 Å². The van der Waals surface area contributed by atoms with Gasteiger partial charge >= 0.3 is 12.1 Å². The molecule has 21 heavy (non-hydrogen) atoms. The molecule has 0 atom stereocenters. The fourth-order valence-corrected chi connectivity index (χ4v) is 3.59. The van der Waals surface area contributed by atoms with Crippen molar-refractivity contribution in [2.75, 3.05) is 19.6 Å². The van der Waals surface area contributed by atoms with Crippen molar-refractivity contribution >= 4 is 16.1 Å². The van der Waals surface area contributed by atoms with Crippen molar-refractivity contribution in [2.24, 2.45) is 11.1 Å². The number of hydrogen-bond acceptors (Lipinski definition) is 3. The molecule has 1 saturated carbocycles. The Balaban J connectivity index is 1.78. The summed E-state index contributed by atoms with van der Waals surface area (Å²) < 4.78 is 60.7. The standard InChI is InChI=1S/C11H18F3N3O3S/c12-11(13,14)10(18)16-6-8(7-16)4-5-17(21(15,19)20)9-2-1-3-9/h8-9H,1-7H2,(H2,15,19,20). The molecule has 6 nitrogen and oxygen atoms in total. The smallest absolute Gasteiger partial charge is 0.334 e. The van der Waals surface area contributed by atoms with E-state index in [1.807, 2.05) is 0 Å². The van der Waals surface area contributed by atoms with Crippen molar-refractivity contribution < 1.29 is 26.4 Å². The largest absolute Gasteiger partial charge is 0.471 e. The van der Waals surface area contributed by atoms with E-state index in [2.05, 4.69) is 0 Å². The van der Waals surface area contributed by atoms with Gasteiger partial charge in [0.1, 0.15) is 0 Å². The minimum Gasteiger partial charge on any atom is -0.334 e. The quantitative estimate of drug-likeness (QED) is 0.795. The molecule has 1 aliphatic carbocycles. The first-order valence-corrected chi connectivity index (χ1v) is 8.25. The maximum Gasteiger partial charge on any atom is 0.471 e. The van der Waals surface area contributed by atoms with Crippen LogP contribution in [0, 0.1) is 5.92 Å². The molecular formula is C11H18F3N3O3S. The summed E-state index contributed by atoms with van der Waals surface area (Å²) in [5.74, 6) is -1.94. The first-order valence-electron chi connectivity index (χ1n) is 6.74. The van der Waals surface area contributed by atoms with E-state index in [1.54, 1.807) is 0 Å². The molecular weight excluding hydrogens is 311 g/mol. The number of nitrogens with zero attached hydrogens (tertiary/aromatic N) is 2. The second-order valence-corrected chi connectivity index (χ2v) is 7.10. The van der Waals surface area contributed by atoms with Crippen molar-refractivity contribution in [3.8, 4) is 0 Å². The van der Waals surface area contributed by atoms with Gasteiger partial charge in [-0.1, -0.05) is 6.42 Å². The monoisotopic (exact) mass is 329 g/mol. The maximum atomic E-state index is 12.2. The van der Waals surface area contributed by atoms with Gasteiger partial charge in [0.05, 0.1) is 0 Å². The van der Waals surface area contributed by atoms with Crippen LogP contribution in [0.15, 0.2) is 0 Å². The Morgan fingerprint density at radius 2 is 1.86 bits per heavy atom. The summed E-state index contributed by atoms with van der Waals surface area (Å²) in [6.45, 7) is 0.227. The Bertz CT molecular complexity index is 499. The van der Waals surface area contributed by atoms with Crippen LogP contribution < -0.4 is 5.14 Å². The third kappa shape index (κ3) is 3.86. The lowest BCUT2D eigenvalue weighted by Crippen LogP contribution is -2.55. The van der Waals surface area contributed by atoms with E-state index in [0.29, 0.717) is 6.42 Å². The van der Waals surface area contributed by atoms with Crippen LogP contribution in [0.5, 0.6) is 0 Å². The van der Waals surface area contributed by atoms with Gasteiger partial charge in [-0.2, -0.15) is 25.9 Å². The van der Waals surface area contributed by atoms with Crippen LogP contribution in [-0.2, 0) is 15.0 Å². The van der Waals surface area contributed by atoms with E-state index in [-0.39, 0.29) is 31.6 Å². The van der Waals surface area contributed by atoms with Gasteiger partial charge in [0.25, 0.3) is 10.2 Å². The Kier molecular flexibility index (Phi) is 4.50. The second kappa shape index (κ2) is 5.73. The van der Waals surface area contributed by atoms with Gasteiger partial charge in [-0.25, -0.2) is 5.14 Å². The second-order valence-electron chi connectivity index (χ2n) is 5.60. The summed E-state index contributed by atoms with van der Waals surface area (Å²) >= 11 is 0. The molecule has 1 amide bonds. The highest BCUT2D eigenvalue weighted by atomic mass is 32.2. The number of amides is 1. The van der Waals surface area contributed by atoms with E-state index in [0.717, 1.165) is 24.2 Å². The molecule has 122 valence electrons. The molecule has 10 heteroatoms. The predicted octanol–water partition coefficient (Wildman–Crippen LogP) is 0.455. The fraction of sp³-hybridized carbons (Fsp3) is 0.909. The lowest BCUT2D eigenvalue weighted by atomic mass is 9.92. The summed E-state index contributed by atoms with van der Waals surface area (Å²) in [7, 11) is -3.79. The molecule has 0 bridgehead atoms. The molecule has 1 aliphatic heterocycles. The van der Waals surface area contributed by atoms with Gasteiger partial charge in [0.2, 0.25) is 0 Å². The molecule has 0 unspecified atom stereocenters. The van der Waals surface area contributed by atoms with E-state index in [4.69, 9.17) is 5.14 Å². The number of rotatable bonds is 5. The predicted molar refractivity (Wildman–Crippen MR) is 68.2 cm³/mol. The molecule has 2 aliphatic rings. The zero-order valence-corrected chi connectivity index (χ0v) is 12.2. The van der Waals surface area contributed by atoms with Crippen LogP contribution in [0.4, 0.5) is 13.2 Å². The molecule has 0 aromatic rings. The minimum absolute atomic E-state index is 0.0153. The van der Waals surface area contributed by atoms with Crippen LogP contribution in [0.3, 0.4) is 0 Å². The summed E-state index contributed by atoms with van der Waals surface area (Å²) in [5, 5.41) is 5.15. The normalized spacial score (nSPS) is 21.3. The Morgan fingerprint density at radius 3 is 2.24 bits per heavy atom. The molecule has 1 saturated heterocycles. The van der Waals surface area contributed by atoms with Gasteiger partial charge in [0, 0.05) is 25.7 Å². The van der Waals surface area contributed by atoms with Crippen LogP contribution >= 0.6 is 0 Å². The minimum atomic E-state index is -4.84. The van der Waals surface area contributed by atoms with Crippen LogP contribution in [0.1, 0.15) is 25.7 Å². The first kappa shape index (κ1) is 16.5. The molecule has 2 rings (SSSR count). The van der Waals surface area contributed by atoms with E-state index in [1.165, 1.54) is 4.31 Å². The third-order valence-corrected chi connectivity index (χ3v) is 5.19. The number of likely N-dealkylation sites (tertiary alicyclic amines) is 1.